The average molecular weight is 1090 g/mol. The van der Waals surface area contributed by atoms with E-state index in [1.54, 1.807) is 22.6 Å². The van der Waals surface area contributed by atoms with Crippen LogP contribution in [0, 0.1) is 41.2 Å². The first-order valence-electron chi connectivity index (χ1n) is 28.0. The molecule has 1 spiro atoms. The van der Waals surface area contributed by atoms with Gasteiger partial charge < -0.3 is 45.6 Å². The van der Waals surface area contributed by atoms with Gasteiger partial charge in [-0.05, 0) is 92.5 Å². The second kappa shape index (κ2) is 22.4. The number of carbonyl (C=O) groups is 4. The summed E-state index contributed by atoms with van der Waals surface area (Å²) in [4.78, 5) is 82.0. The first-order valence-corrected chi connectivity index (χ1v) is 28.9. The third kappa shape index (κ3) is 12.3. The minimum atomic E-state index is -0.908. The van der Waals surface area contributed by atoms with Crippen LogP contribution in [0.15, 0.2) is 54.3 Å². The summed E-state index contributed by atoms with van der Waals surface area (Å²) >= 11 is 1.58. The van der Waals surface area contributed by atoms with Crippen LogP contribution < -0.4 is 30.7 Å². The Morgan fingerprint density at radius 3 is 2.18 bits per heavy atom. The molecule has 8 heterocycles. The Hall–Kier alpha value is -5.83. The number of thiazole rings is 1. The second-order valence-electron chi connectivity index (χ2n) is 25.1. The fourth-order valence-electron chi connectivity index (χ4n) is 12.7. The van der Waals surface area contributed by atoms with E-state index >= 15 is 8.78 Å². The Bertz CT molecular complexity index is 2830. The molecule has 4 amide bonds. The molecule has 17 nitrogen and oxygen atoms in total. The lowest BCUT2D eigenvalue weighted by Crippen LogP contribution is -2.66. The summed E-state index contributed by atoms with van der Waals surface area (Å²) in [5, 5.41) is 20.1. The fraction of sp³-hybridized carbons (Fsp3) is 0.603. The van der Waals surface area contributed by atoms with Crippen LogP contribution in [-0.2, 0) is 25.7 Å². The van der Waals surface area contributed by atoms with E-state index in [1.807, 2.05) is 70.5 Å². The maximum Gasteiger partial charge on any atom is 0.246 e. The van der Waals surface area contributed by atoms with Gasteiger partial charge >= 0.3 is 0 Å². The number of hydrogen-bond acceptors (Lipinski definition) is 14. The summed E-state index contributed by atoms with van der Waals surface area (Å²) in [5.41, 5.74) is 4.22. The lowest BCUT2D eigenvalue weighted by Gasteiger charge is -2.48. The van der Waals surface area contributed by atoms with Gasteiger partial charge in [-0.15, -0.1) is 11.3 Å². The van der Waals surface area contributed by atoms with E-state index in [0.29, 0.717) is 63.0 Å². The zero-order valence-electron chi connectivity index (χ0n) is 46.4. The van der Waals surface area contributed by atoms with Crippen LogP contribution in [0.5, 0.6) is 0 Å². The largest absolute Gasteiger partial charge is 0.391 e. The Labute approximate surface area is 461 Å². The van der Waals surface area contributed by atoms with Crippen molar-refractivity contribution < 1.29 is 33.1 Å². The molecule has 0 bridgehead atoms. The number of aryl methyl sites for hydroxylation is 1. The molecule has 6 atom stereocenters. The Kier molecular flexibility index (Phi) is 15.9. The number of fused-ring (bicyclic) bond motifs is 1. The third-order valence-electron chi connectivity index (χ3n) is 17.6. The number of hydrogen-bond donors (Lipinski definition) is 4. The summed E-state index contributed by atoms with van der Waals surface area (Å²) in [6.45, 7) is 21.5. The highest BCUT2D eigenvalue weighted by Gasteiger charge is 2.46. The number of nitrogens with zero attached hydrogens (tertiary/aromatic N) is 9. The number of benzene rings is 2. The van der Waals surface area contributed by atoms with Crippen molar-refractivity contribution in [1.29, 1.82) is 0 Å². The van der Waals surface area contributed by atoms with E-state index in [2.05, 4.69) is 64.3 Å². The Morgan fingerprint density at radius 2 is 1.53 bits per heavy atom. The SMILES string of the molecule is Cc1ncsc1-c1ccc([C@H](C)NC(=O)[C@@H]2C[C@@H](O)CN2C(=O)[C@@H](NC(=O)CCN2C[C@@H]3CN(c4cc(N5CCC6(CC5)CN(c5cc(F)c(CN7CCC(C)(C)CC7)cc5F)CC(=O)N6)ncn4)C[C@@H]3C2)C(C)(C)C)cc1. The number of rotatable bonds is 14. The molecule has 6 saturated heterocycles. The highest BCUT2D eigenvalue weighted by Crippen LogP contribution is 2.38. The van der Waals surface area contributed by atoms with Crippen molar-refractivity contribution in [3.8, 4) is 10.4 Å². The standard InChI is InChI=1S/C58H78F2N12O5S/c1-36(38-8-10-39(11-9-38)52-37(2)63-35-78-52)64-54(76)47-23-43(73)31-72(47)55(77)53(56(3,4)5)65-50(74)12-17-68-27-41-29-70(30-42(41)28-68)49-25-48(61-34-62-49)69-20-15-58(16-21-69)33-71(32-51(75)66-58)46-24-44(59)40(22-45(46)60)26-67-18-13-57(6,7)14-19-67/h8-11,22,24-25,34-36,41-43,47,53,73H,12-21,23,26-33H2,1-7H3,(H,64,76)(H,65,74)(H,66,75)/t36-,41-,42+,43+,47-,53+/m0/s1. The molecule has 0 unspecified atom stereocenters. The number of halogens is 2. The van der Waals surface area contributed by atoms with Crippen LogP contribution in [0.4, 0.5) is 26.1 Å². The molecule has 2 aromatic heterocycles. The van der Waals surface area contributed by atoms with Crippen LogP contribution in [-0.4, -0.2) is 161 Å². The van der Waals surface area contributed by atoms with Gasteiger partial charge in [0.2, 0.25) is 23.6 Å². The molecule has 2 aromatic carbocycles. The number of aliphatic hydroxyl groups excluding tert-OH is 1. The van der Waals surface area contributed by atoms with Crippen molar-refractivity contribution in [1.82, 2.24) is 45.6 Å². The summed E-state index contributed by atoms with van der Waals surface area (Å²) in [7, 11) is 0. The Morgan fingerprint density at radius 1 is 0.846 bits per heavy atom. The molecule has 0 aliphatic carbocycles. The quantitative estimate of drug-likeness (QED) is 0.117. The molecule has 20 heteroatoms. The number of piperazine rings is 1. The van der Waals surface area contributed by atoms with Crippen molar-refractivity contribution >= 4 is 52.3 Å². The number of piperidine rings is 2. The summed E-state index contributed by atoms with van der Waals surface area (Å²) in [6.07, 6.45) is 4.32. The molecule has 6 aliphatic heterocycles. The van der Waals surface area contributed by atoms with Crippen molar-refractivity contribution in [2.24, 2.45) is 22.7 Å². The molecular weight excluding hydrogens is 1010 g/mol. The van der Waals surface area contributed by atoms with Crippen molar-refractivity contribution in [3.63, 3.8) is 0 Å². The summed E-state index contributed by atoms with van der Waals surface area (Å²) < 4.78 is 31.4. The number of aromatic nitrogens is 3. The van der Waals surface area contributed by atoms with Crippen molar-refractivity contribution in [3.05, 3.63) is 82.8 Å². The maximum absolute atomic E-state index is 15.8. The van der Waals surface area contributed by atoms with Gasteiger partial charge in [-0.3, -0.25) is 24.1 Å². The molecular formula is C58H78F2N12O5S. The number of aliphatic hydroxyl groups is 1. The molecule has 0 saturated carbocycles. The number of anilines is 3. The zero-order chi connectivity index (χ0) is 55.3. The lowest BCUT2D eigenvalue weighted by atomic mass is 9.82. The molecule has 6 aliphatic rings. The van der Waals surface area contributed by atoms with E-state index in [9.17, 15) is 24.3 Å². The zero-order valence-corrected chi connectivity index (χ0v) is 47.2. The number of amides is 4. The third-order valence-corrected chi connectivity index (χ3v) is 18.6. The minimum absolute atomic E-state index is 0.00291. The van der Waals surface area contributed by atoms with E-state index in [-0.39, 0.29) is 66.7 Å². The van der Waals surface area contributed by atoms with E-state index in [4.69, 9.17) is 0 Å². The van der Waals surface area contributed by atoms with Crippen molar-refractivity contribution in [2.45, 2.75) is 123 Å². The molecule has 4 aromatic rings. The van der Waals surface area contributed by atoms with Gasteiger partial charge in [0, 0.05) is 96.0 Å². The van der Waals surface area contributed by atoms with Gasteiger partial charge in [0.25, 0.3) is 0 Å². The molecule has 10 rings (SSSR count). The van der Waals surface area contributed by atoms with E-state index in [1.165, 1.54) is 17.0 Å². The monoisotopic (exact) mass is 1090 g/mol. The van der Waals surface area contributed by atoms with Crippen LogP contribution in [0.1, 0.15) is 103 Å². The normalized spacial score (nSPS) is 24.3. The smallest absolute Gasteiger partial charge is 0.246 e. The van der Waals surface area contributed by atoms with Crippen LogP contribution in [0.3, 0.4) is 0 Å². The maximum atomic E-state index is 15.8. The average Bonchev–Trinajstić information content (AvgIpc) is 4.23. The van der Waals surface area contributed by atoms with E-state index < -0.39 is 40.8 Å². The number of likely N-dealkylation sites (tertiary alicyclic amines) is 3. The molecule has 78 heavy (non-hydrogen) atoms. The first-order chi connectivity index (χ1) is 37.1. The molecule has 0 radical (unpaired) electrons. The Balaban J connectivity index is 0.684. The lowest BCUT2D eigenvalue weighted by molar-refractivity contribution is -0.144. The number of β-amino-alcohol motifs (C(OH)–C–C–N with tert-alkyl or cyclic N) is 1. The minimum Gasteiger partial charge on any atom is -0.391 e. The van der Waals surface area contributed by atoms with Crippen LogP contribution in [0.2, 0.25) is 0 Å². The second-order valence-corrected chi connectivity index (χ2v) is 25.9. The summed E-state index contributed by atoms with van der Waals surface area (Å²) in [6, 6.07) is 10.5. The van der Waals surface area contributed by atoms with E-state index in [0.717, 1.165) is 85.4 Å². The molecule has 420 valence electrons. The van der Waals surface area contributed by atoms with Gasteiger partial charge in [0.05, 0.1) is 46.0 Å². The van der Waals surface area contributed by atoms with Crippen LogP contribution in [0.25, 0.3) is 10.4 Å². The molecule has 6 fully saturated rings. The highest BCUT2D eigenvalue weighted by molar-refractivity contribution is 7.13. The van der Waals surface area contributed by atoms with Gasteiger partial charge in [-0.25, -0.2) is 23.7 Å². The van der Waals surface area contributed by atoms with Gasteiger partial charge in [-0.1, -0.05) is 58.9 Å². The van der Waals surface area contributed by atoms with Gasteiger partial charge in [0.1, 0.15) is 41.7 Å². The predicted octanol–water partition coefficient (Wildman–Crippen LogP) is 5.91. The van der Waals surface area contributed by atoms with Crippen LogP contribution >= 0.6 is 11.3 Å². The number of carbonyl (C=O) groups excluding carboxylic acids is 4. The van der Waals surface area contributed by atoms with Gasteiger partial charge in [0.15, 0.2) is 0 Å². The molecule has 4 N–H and O–H groups in total. The predicted molar refractivity (Wildman–Crippen MR) is 298 cm³/mol. The fourth-order valence-corrected chi connectivity index (χ4v) is 13.5. The first kappa shape index (κ1) is 55.5. The van der Waals surface area contributed by atoms with Gasteiger partial charge in [-0.2, -0.15) is 0 Å². The van der Waals surface area contributed by atoms with Crippen molar-refractivity contribution in [2.75, 3.05) is 93.2 Å². The highest BCUT2D eigenvalue weighted by atomic mass is 32.1. The summed E-state index contributed by atoms with van der Waals surface area (Å²) in [5.74, 6) is 0.307. The number of nitrogens with one attached hydrogen (secondary N) is 3. The topological polar surface area (TPSA) is 183 Å².